The quantitative estimate of drug-likeness (QED) is 0.403. The van der Waals surface area contributed by atoms with Gasteiger partial charge in [-0.05, 0) is 54.0 Å². The second-order valence-corrected chi connectivity index (χ2v) is 7.11. The normalized spacial score (nSPS) is 15.3. The molecule has 1 aliphatic heterocycles. The number of thiocarbonyl (C=S) groups is 1. The monoisotopic (exact) mass is 444 g/mol. The fraction of sp³-hybridized carbons (Fsp3) is 0.143. The zero-order valence-corrected chi connectivity index (χ0v) is 17.4. The van der Waals surface area contributed by atoms with Crippen molar-refractivity contribution in [3.05, 3.63) is 64.2 Å². The fourth-order valence-electron chi connectivity index (χ4n) is 2.93. The first-order valence-corrected chi connectivity index (χ1v) is 9.74. The summed E-state index contributed by atoms with van der Waals surface area (Å²) in [6.07, 6.45) is 2.08. The summed E-state index contributed by atoms with van der Waals surface area (Å²) in [6.45, 7) is 1.42. The van der Waals surface area contributed by atoms with Crippen LogP contribution in [0.5, 0.6) is 5.75 Å². The number of carbonyl (C=O) groups is 3. The number of ether oxygens (including phenoxy) is 1. The zero-order valence-electron chi connectivity index (χ0n) is 15.8. The largest absolute Gasteiger partial charge is 0.480 e. The average Bonchev–Trinajstić information content (AvgIpc) is 2.70. The van der Waals surface area contributed by atoms with E-state index in [0.29, 0.717) is 17.7 Å². The van der Waals surface area contributed by atoms with Gasteiger partial charge in [-0.25, -0.2) is 4.79 Å². The molecular weight excluding hydrogens is 428 g/mol. The maximum atomic E-state index is 13.1. The molecule has 2 aromatic carbocycles. The van der Waals surface area contributed by atoms with Gasteiger partial charge in [0.15, 0.2) is 11.7 Å². The molecule has 0 bridgehead atoms. The first-order valence-electron chi connectivity index (χ1n) is 8.95. The lowest BCUT2D eigenvalue weighted by Gasteiger charge is -2.30. The molecule has 2 aromatic rings. The predicted octanol–water partition coefficient (Wildman–Crippen LogP) is 3.20. The molecular formula is C21H17ClN2O5S. The molecule has 30 heavy (non-hydrogen) atoms. The van der Waals surface area contributed by atoms with Gasteiger partial charge >= 0.3 is 5.97 Å². The predicted molar refractivity (Wildman–Crippen MR) is 117 cm³/mol. The van der Waals surface area contributed by atoms with Crippen LogP contribution in [0, 0.1) is 0 Å². The Morgan fingerprint density at radius 1 is 1.27 bits per heavy atom. The van der Waals surface area contributed by atoms with E-state index in [1.54, 1.807) is 18.2 Å². The molecule has 154 valence electrons. The minimum Gasteiger partial charge on any atom is -0.480 e. The van der Waals surface area contributed by atoms with Crippen molar-refractivity contribution in [2.75, 3.05) is 11.5 Å². The summed E-state index contributed by atoms with van der Waals surface area (Å²) in [5.74, 6) is -2.12. The topological polar surface area (TPSA) is 95.9 Å². The Balaban J connectivity index is 1.95. The summed E-state index contributed by atoms with van der Waals surface area (Å²) in [5.41, 5.74) is 1.88. The van der Waals surface area contributed by atoms with Gasteiger partial charge in [0.1, 0.15) is 11.3 Å². The number of amides is 2. The molecule has 0 atom stereocenters. The molecule has 1 aliphatic rings. The number of carboxylic acids is 1. The molecule has 1 saturated heterocycles. The number of carbonyl (C=O) groups excluding carboxylic acids is 2. The van der Waals surface area contributed by atoms with Gasteiger partial charge in [-0.15, -0.1) is 0 Å². The highest BCUT2D eigenvalue weighted by Gasteiger charge is 2.35. The van der Waals surface area contributed by atoms with E-state index in [1.165, 1.54) is 23.1 Å². The van der Waals surface area contributed by atoms with E-state index >= 15 is 0 Å². The van der Waals surface area contributed by atoms with Crippen molar-refractivity contribution in [2.24, 2.45) is 0 Å². The van der Waals surface area contributed by atoms with Crippen LogP contribution in [0.3, 0.4) is 0 Å². The summed E-state index contributed by atoms with van der Waals surface area (Å²) >= 11 is 11.4. The Labute approximate surface area is 182 Å². The molecule has 0 aromatic heterocycles. The highest BCUT2D eigenvalue weighted by atomic mass is 35.5. The summed E-state index contributed by atoms with van der Waals surface area (Å²) < 4.78 is 5.08. The smallest absolute Gasteiger partial charge is 0.341 e. The number of nitrogens with zero attached hydrogens (tertiary/aromatic N) is 1. The minimum absolute atomic E-state index is 0.0125. The maximum absolute atomic E-state index is 13.1. The zero-order chi connectivity index (χ0) is 21.8. The molecule has 0 saturated carbocycles. The number of para-hydroxylation sites is 1. The van der Waals surface area contributed by atoms with Crippen LogP contribution >= 0.6 is 23.8 Å². The SMILES string of the molecule is CCc1ccccc1N1C(=O)/C(=C\c2ccc(OCC(=O)O)c(Cl)c2)C(=O)NC1=S. The number of aliphatic carboxylic acids is 1. The molecule has 0 radical (unpaired) electrons. The van der Waals surface area contributed by atoms with Crippen molar-refractivity contribution in [3.8, 4) is 5.75 Å². The van der Waals surface area contributed by atoms with Gasteiger partial charge < -0.3 is 9.84 Å². The molecule has 2 N–H and O–H groups in total. The van der Waals surface area contributed by atoms with Crippen molar-refractivity contribution in [1.29, 1.82) is 0 Å². The number of carboxylic acid groups (broad SMARTS) is 1. The van der Waals surface area contributed by atoms with Gasteiger partial charge in [-0.3, -0.25) is 19.8 Å². The van der Waals surface area contributed by atoms with Gasteiger partial charge in [0.25, 0.3) is 11.8 Å². The molecule has 7 nitrogen and oxygen atoms in total. The molecule has 1 fully saturated rings. The molecule has 0 aliphatic carbocycles. The average molecular weight is 445 g/mol. The summed E-state index contributed by atoms with van der Waals surface area (Å²) in [4.78, 5) is 37.5. The van der Waals surface area contributed by atoms with Crippen molar-refractivity contribution in [2.45, 2.75) is 13.3 Å². The molecule has 2 amide bonds. The van der Waals surface area contributed by atoms with E-state index in [1.807, 2.05) is 19.1 Å². The number of halogens is 1. The Hall–Kier alpha value is -3.23. The Morgan fingerprint density at radius 3 is 2.67 bits per heavy atom. The van der Waals surface area contributed by atoms with E-state index in [0.717, 1.165) is 5.56 Å². The first-order chi connectivity index (χ1) is 14.3. The van der Waals surface area contributed by atoms with Gasteiger partial charge in [-0.2, -0.15) is 0 Å². The van der Waals surface area contributed by atoms with E-state index in [9.17, 15) is 14.4 Å². The molecule has 9 heteroatoms. The lowest BCUT2D eigenvalue weighted by atomic mass is 10.0. The second kappa shape index (κ2) is 9.06. The number of rotatable bonds is 6. The highest BCUT2D eigenvalue weighted by Crippen LogP contribution is 2.29. The van der Waals surface area contributed by atoms with Crippen molar-refractivity contribution in [1.82, 2.24) is 5.32 Å². The van der Waals surface area contributed by atoms with Crippen LogP contribution in [0.4, 0.5) is 5.69 Å². The fourth-order valence-corrected chi connectivity index (χ4v) is 3.45. The number of nitrogens with one attached hydrogen (secondary N) is 1. The van der Waals surface area contributed by atoms with E-state index in [2.05, 4.69) is 5.32 Å². The number of anilines is 1. The van der Waals surface area contributed by atoms with Crippen LogP contribution in [0.15, 0.2) is 48.0 Å². The van der Waals surface area contributed by atoms with Gasteiger partial charge in [0.2, 0.25) is 0 Å². The summed E-state index contributed by atoms with van der Waals surface area (Å²) in [7, 11) is 0. The van der Waals surface area contributed by atoms with Crippen molar-refractivity contribution >= 4 is 58.5 Å². The standard InChI is InChI=1S/C21H17ClN2O5S/c1-2-13-5-3-4-6-16(13)24-20(28)14(19(27)23-21(24)30)9-12-7-8-17(15(22)10-12)29-11-18(25)26/h3-10H,2,11H2,1H3,(H,25,26)(H,23,27,30)/b14-9-. The molecule has 0 spiro atoms. The molecule has 1 heterocycles. The number of hydrogen-bond donors (Lipinski definition) is 2. The number of hydrogen-bond acceptors (Lipinski definition) is 5. The van der Waals surface area contributed by atoms with Crippen molar-refractivity contribution < 1.29 is 24.2 Å². The van der Waals surface area contributed by atoms with Gasteiger partial charge in [-0.1, -0.05) is 42.8 Å². The Bertz CT molecular complexity index is 1080. The number of aryl methyl sites for hydroxylation is 1. The minimum atomic E-state index is -1.13. The maximum Gasteiger partial charge on any atom is 0.341 e. The van der Waals surface area contributed by atoms with Crippen LogP contribution in [0.25, 0.3) is 6.08 Å². The Kier molecular flexibility index (Phi) is 6.49. The van der Waals surface area contributed by atoms with E-state index in [-0.39, 0.29) is 21.5 Å². The lowest BCUT2D eigenvalue weighted by molar-refractivity contribution is -0.139. The van der Waals surface area contributed by atoms with Gasteiger partial charge in [0.05, 0.1) is 10.7 Å². The summed E-state index contributed by atoms with van der Waals surface area (Å²) in [5, 5.41) is 11.4. The van der Waals surface area contributed by atoms with Crippen LogP contribution in [0.2, 0.25) is 5.02 Å². The first kappa shape index (κ1) is 21.5. The summed E-state index contributed by atoms with van der Waals surface area (Å²) in [6, 6.07) is 11.8. The van der Waals surface area contributed by atoms with Crippen LogP contribution in [-0.4, -0.2) is 34.6 Å². The third-order valence-corrected chi connectivity index (χ3v) is 4.91. The second-order valence-electron chi connectivity index (χ2n) is 6.31. The van der Waals surface area contributed by atoms with Crippen LogP contribution in [-0.2, 0) is 20.8 Å². The van der Waals surface area contributed by atoms with Gasteiger partial charge in [0, 0.05) is 0 Å². The van der Waals surface area contributed by atoms with Crippen LogP contribution < -0.4 is 15.0 Å². The molecule has 0 unspecified atom stereocenters. The third kappa shape index (κ3) is 4.50. The van der Waals surface area contributed by atoms with E-state index in [4.69, 9.17) is 33.7 Å². The third-order valence-electron chi connectivity index (χ3n) is 4.33. The molecule has 3 rings (SSSR count). The lowest BCUT2D eigenvalue weighted by Crippen LogP contribution is -2.54. The highest BCUT2D eigenvalue weighted by molar-refractivity contribution is 7.80. The number of benzene rings is 2. The van der Waals surface area contributed by atoms with E-state index < -0.39 is 24.4 Å². The Morgan fingerprint density at radius 2 is 2.00 bits per heavy atom. The van der Waals surface area contributed by atoms with Crippen molar-refractivity contribution in [3.63, 3.8) is 0 Å². The van der Waals surface area contributed by atoms with Crippen LogP contribution in [0.1, 0.15) is 18.1 Å².